The number of esters is 1. The number of aromatic nitrogens is 1. The standard InChI is InChI=1S/C28H31NO4/c1-3-31-28(30)19-23-9-8-22-18-25(14-15-26(22)23)33-17-5-16-32-24-12-10-21(11-13-24)27-7-4-6-20(2)29-27/h4,6-7,10-15,18,23H,3,5,8-9,16-17,19H2,1-2H3. The van der Waals surface area contributed by atoms with E-state index >= 15 is 0 Å². The molecule has 5 nitrogen and oxygen atoms in total. The number of hydrogen-bond acceptors (Lipinski definition) is 5. The molecule has 1 atom stereocenters. The number of aryl methyl sites for hydroxylation is 2. The molecule has 0 N–H and O–H groups in total. The predicted molar refractivity (Wildman–Crippen MR) is 129 cm³/mol. The summed E-state index contributed by atoms with van der Waals surface area (Å²) in [5, 5.41) is 0. The molecule has 1 aromatic heterocycles. The van der Waals surface area contributed by atoms with Crippen LogP contribution in [-0.4, -0.2) is 30.8 Å². The molecule has 4 rings (SSSR count). The number of nitrogens with zero attached hydrogens (tertiary/aromatic N) is 1. The van der Waals surface area contributed by atoms with Crippen LogP contribution in [0.4, 0.5) is 0 Å². The second-order valence-electron chi connectivity index (χ2n) is 8.34. The molecule has 0 bridgehead atoms. The Balaban J connectivity index is 1.20. The molecule has 0 radical (unpaired) electrons. The van der Waals surface area contributed by atoms with Crippen LogP contribution in [0.25, 0.3) is 11.3 Å². The molecule has 0 saturated carbocycles. The summed E-state index contributed by atoms with van der Waals surface area (Å²) in [5.41, 5.74) is 5.59. The topological polar surface area (TPSA) is 57.7 Å². The average molecular weight is 446 g/mol. The van der Waals surface area contributed by atoms with Gasteiger partial charge in [-0.3, -0.25) is 9.78 Å². The van der Waals surface area contributed by atoms with E-state index in [0.29, 0.717) is 26.2 Å². The summed E-state index contributed by atoms with van der Waals surface area (Å²) >= 11 is 0. The Morgan fingerprint density at radius 1 is 1.00 bits per heavy atom. The summed E-state index contributed by atoms with van der Waals surface area (Å²) < 4.78 is 16.9. The van der Waals surface area contributed by atoms with E-state index in [4.69, 9.17) is 14.2 Å². The lowest BCUT2D eigenvalue weighted by molar-refractivity contribution is -0.143. The van der Waals surface area contributed by atoms with Crippen LogP contribution in [-0.2, 0) is 16.0 Å². The van der Waals surface area contributed by atoms with E-state index in [0.717, 1.165) is 47.7 Å². The van der Waals surface area contributed by atoms with Crippen molar-refractivity contribution in [3.05, 3.63) is 77.5 Å². The van der Waals surface area contributed by atoms with Crippen molar-refractivity contribution in [2.45, 2.75) is 45.4 Å². The highest BCUT2D eigenvalue weighted by molar-refractivity contribution is 5.71. The first-order valence-corrected chi connectivity index (χ1v) is 11.7. The van der Waals surface area contributed by atoms with Crippen molar-refractivity contribution in [3.8, 4) is 22.8 Å². The van der Waals surface area contributed by atoms with E-state index in [1.165, 1.54) is 11.1 Å². The van der Waals surface area contributed by atoms with Gasteiger partial charge in [-0.25, -0.2) is 0 Å². The van der Waals surface area contributed by atoms with Crippen molar-refractivity contribution in [2.24, 2.45) is 0 Å². The van der Waals surface area contributed by atoms with Gasteiger partial charge in [0.1, 0.15) is 11.5 Å². The van der Waals surface area contributed by atoms with E-state index in [9.17, 15) is 4.79 Å². The van der Waals surface area contributed by atoms with Crippen molar-refractivity contribution >= 4 is 5.97 Å². The highest BCUT2D eigenvalue weighted by Gasteiger charge is 2.25. The second kappa shape index (κ2) is 11.0. The van der Waals surface area contributed by atoms with Crippen LogP contribution in [0.5, 0.6) is 11.5 Å². The molecule has 33 heavy (non-hydrogen) atoms. The van der Waals surface area contributed by atoms with Gasteiger partial charge in [0.05, 0.1) is 31.9 Å². The Kier molecular flexibility index (Phi) is 7.61. The molecular formula is C28H31NO4. The molecule has 5 heteroatoms. The first kappa shape index (κ1) is 22.8. The van der Waals surface area contributed by atoms with Crippen LogP contribution < -0.4 is 9.47 Å². The molecule has 2 aromatic carbocycles. The summed E-state index contributed by atoms with van der Waals surface area (Å²) in [6.07, 6.45) is 3.22. The van der Waals surface area contributed by atoms with Crippen LogP contribution >= 0.6 is 0 Å². The van der Waals surface area contributed by atoms with Gasteiger partial charge >= 0.3 is 5.97 Å². The number of carbonyl (C=O) groups is 1. The molecule has 172 valence electrons. The number of pyridine rings is 1. The predicted octanol–water partition coefficient (Wildman–Crippen LogP) is 5.89. The fourth-order valence-electron chi connectivity index (χ4n) is 4.27. The Bertz CT molecular complexity index is 1080. The monoisotopic (exact) mass is 445 g/mol. The van der Waals surface area contributed by atoms with Gasteiger partial charge in [-0.1, -0.05) is 12.1 Å². The van der Waals surface area contributed by atoms with Gasteiger partial charge < -0.3 is 14.2 Å². The van der Waals surface area contributed by atoms with Crippen LogP contribution in [0.3, 0.4) is 0 Å². The lowest BCUT2D eigenvalue weighted by Gasteiger charge is -2.12. The zero-order chi connectivity index (χ0) is 23.0. The Morgan fingerprint density at radius 3 is 2.52 bits per heavy atom. The maximum absolute atomic E-state index is 11.8. The number of rotatable bonds is 10. The Labute approximate surface area is 195 Å². The molecule has 1 heterocycles. The molecule has 1 unspecified atom stereocenters. The molecule has 0 amide bonds. The van der Waals surface area contributed by atoms with Gasteiger partial charge in [-0.15, -0.1) is 0 Å². The fraction of sp³-hybridized carbons (Fsp3) is 0.357. The normalized spacial score (nSPS) is 14.5. The van der Waals surface area contributed by atoms with E-state index < -0.39 is 0 Å². The maximum atomic E-state index is 11.8. The minimum atomic E-state index is -0.114. The second-order valence-corrected chi connectivity index (χ2v) is 8.34. The molecule has 1 aliphatic rings. The van der Waals surface area contributed by atoms with Crippen molar-refractivity contribution < 1.29 is 19.0 Å². The van der Waals surface area contributed by atoms with Gasteiger partial charge in [0.15, 0.2) is 0 Å². The van der Waals surface area contributed by atoms with Gasteiger partial charge in [0, 0.05) is 17.7 Å². The summed E-state index contributed by atoms with van der Waals surface area (Å²) in [4.78, 5) is 16.4. The lowest BCUT2D eigenvalue weighted by Crippen LogP contribution is -2.08. The smallest absolute Gasteiger partial charge is 0.306 e. The Hall–Kier alpha value is -3.34. The van der Waals surface area contributed by atoms with E-state index in [-0.39, 0.29) is 11.9 Å². The SMILES string of the molecule is CCOC(=O)CC1CCc2cc(OCCCOc3ccc(-c4cccc(C)n4)cc3)ccc21. The van der Waals surface area contributed by atoms with Crippen molar-refractivity contribution in [1.29, 1.82) is 0 Å². The summed E-state index contributed by atoms with van der Waals surface area (Å²) in [5.74, 6) is 1.86. The van der Waals surface area contributed by atoms with Gasteiger partial charge in [-0.2, -0.15) is 0 Å². The molecule has 0 fully saturated rings. The largest absolute Gasteiger partial charge is 0.493 e. The third kappa shape index (κ3) is 6.13. The molecule has 3 aromatic rings. The van der Waals surface area contributed by atoms with E-state index in [2.05, 4.69) is 17.1 Å². The van der Waals surface area contributed by atoms with E-state index in [1.54, 1.807) is 0 Å². The first-order chi connectivity index (χ1) is 16.1. The number of carbonyl (C=O) groups excluding carboxylic acids is 1. The van der Waals surface area contributed by atoms with Crippen LogP contribution in [0.2, 0.25) is 0 Å². The molecular weight excluding hydrogens is 414 g/mol. The highest BCUT2D eigenvalue weighted by atomic mass is 16.5. The minimum absolute atomic E-state index is 0.114. The van der Waals surface area contributed by atoms with Crippen LogP contribution in [0.15, 0.2) is 60.7 Å². The van der Waals surface area contributed by atoms with Crippen LogP contribution in [0, 0.1) is 6.92 Å². The van der Waals surface area contributed by atoms with Crippen molar-refractivity contribution in [1.82, 2.24) is 4.98 Å². The molecule has 0 aliphatic heterocycles. The molecule has 0 saturated heterocycles. The maximum Gasteiger partial charge on any atom is 0.306 e. The van der Waals surface area contributed by atoms with Gasteiger partial charge in [0.25, 0.3) is 0 Å². The van der Waals surface area contributed by atoms with Crippen molar-refractivity contribution in [2.75, 3.05) is 19.8 Å². The first-order valence-electron chi connectivity index (χ1n) is 11.7. The van der Waals surface area contributed by atoms with Gasteiger partial charge in [-0.05, 0) is 92.3 Å². The zero-order valence-electron chi connectivity index (χ0n) is 19.4. The lowest BCUT2D eigenvalue weighted by atomic mass is 9.98. The van der Waals surface area contributed by atoms with Crippen molar-refractivity contribution in [3.63, 3.8) is 0 Å². The Morgan fingerprint density at radius 2 is 1.76 bits per heavy atom. The van der Waals surface area contributed by atoms with Crippen LogP contribution in [0.1, 0.15) is 48.9 Å². The third-order valence-electron chi connectivity index (χ3n) is 5.90. The zero-order valence-corrected chi connectivity index (χ0v) is 19.4. The summed E-state index contributed by atoms with van der Waals surface area (Å²) in [6.45, 7) is 5.46. The number of hydrogen-bond donors (Lipinski definition) is 0. The number of benzene rings is 2. The average Bonchev–Trinajstić information content (AvgIpc) is 3.21. The quantitative estimate of drug-likeness (QED) is 0.288. The molecule has 0 spiro atoms. The van der Waals surface area contributed by atoms with Gasteiger partial charge in [0.2, 0.25) is 0 Å². The number of ether oxygens (including phenoxy) is 3. The fourth-order valence-corrected chi connectivity index (χ4v) is 4.27. The summed E-state index contributed by atoms with van der Waals surface area (Å²) in [6, 6.07) is 20.3. The summed E-state index contributed by atoms with van der Waals surface area (Å²) in [7, 11) is 0. The minimum Gasteiger partial charge on any atom is -0.493 e. The molecule has 1 aliphatic carbocycles. The number of fused-ring (bicyclic) bond motifs is 1. The highest BCUT2D eigenvalue weighted by Crippen LogP contribution is 2.37. The third-order valence-corrected chi connectivity index (χ3v) is 5.90. The van der Waals surface area contributed by atoms with E-state index in [1.807, 2.05) is 62.4 Å².